The molecule has 0 atom stereocenters. The fraction of sp³-hybridized carbons (Fsp3) is 0.308. The van der Waals surface area contributed by atoms with Crippen LogP contribution in [-0.2, 0) is 13.0 Å². The second-order valence-corrected chi connectivity index (χ2v) is 5.60. The van der Waals surface area contributed by atoms with Gasteiger partial charge in [0.15, 0.2) is 0 Å². The first-order valence-electron chi connectivity index (χ1n) is 5.73. The molecule has 2 aromatic rings. The topological polar surface area (TPSA) is 34.1 Å². The third-order valence-electron chi connectivity index (χ3n) is 2.47. The van der Waals surface area contributed by atoms with Crippen molar-refractivity contribution in [1.82, 2.24) is 10.3 Å². The number of nitrogens with one attached hydrogen (secondary N) is 1. The van der Waals surface area contributed by atoms with Crippen LogP contribution < -0.4 is 10.1 Å². The quantitative estimate of drug-likeness (QED) is 0.827. The lowest BCUT2D eigenvalue weighted by atomic mass is 10.3. The number of nitrogens with zero attached hydrogens (tertiary/aromatic N) is 1. The highest BCUT2D eigenvalue weighted by molar-refractivity contribution is 7.16. The van der Waals surface area contributed by atoms with Gasteiger partial charge in [0.25, 0.3) is 0 Å². The molecular weight excluding hydrogens is 268 g/mol. The van der Waals surface area contributed by atoms with E-state index in [2.05, 4.69) is 16.4 Å². The summed E-state index contributed by atoms with van der Waals surface area (Å²) in [6, 6.07) is 9.78. The van der Waals surface area contributed by atoms with E-state index in [0.29, 0.717) is 5.88 Å². The molecule has 0 aromatic carbocycles. The Morgan fingerprint density at radius 1 is 1.33 bits per heavy atom. The van der Waals surface area contributed by atoms with Gasteiger partial charge in [-0.15, -0.1) is 11.3 Å². The third kappa shape index (κ3) is 3.98. The molecule has 0 saturated heterocycles. The summed E-state index contributed by atoms with van der Waals surface area (Å²) >= 11 is 7.51. The molecule has 2 aromatic heterocycles. The van der Waals surface area contributed by atoms with Gasteiger partial charge in [-0.1, -0.05) is 17.7 Å². The van der Waals surface area contributed by atoms with E-state index in [0.717, 1.165) is 29.5 Å². The summed E-state index contributed by atoms with van der Waals surface area (Å²) in [5.41, 5.74) is 0.985. The minimum Gasteiger partial charge on any atom is -0.481 e. The van der Waals surface area contributed by atoms with E-state index < -0.39 is 0 Å². The summed E-state index contributed by atoms with van der Waals surface area (Å²) in [4.78, 5) is 5.63. The van der Waals surface area contributed by atoms with E-state index in [1.165, 1.54) is 4.88 Å². The van der Waals surface area contributed by atoms with E-state index in [1.54, 1.807) is 18.4 Å². The predicted octanol–water partition coefficient (Wildman–Crippen LogP) is 3.14. The Labute approximate surface area is 116 Å². The number of thiophene rings is 1. The maximum atomic E-state index is 5.88. The van der Waals surface area contributed by atoms with Crippen molar-refractivity contribution in [2.24, 2.45) is 0 Å². The molecule has 0 radical (unpaired) electrons. The Hall–Kier alpha value is -1.10. The fourth-order valence-corrected chi connectivity index (χ4v) is 2.67. The van der Waals surface area contributed by atoms with Crippen LogP contribution in [0.3, 0.4) is 0 Å². The molecule has 2 heterocycles. The molecule has 0 aliphatic rings. The van der Waals surface area contributed by atoms with Crippen molar-refractivity contribution in [3.8, 4) is 5.88 Å². The zero-order valence-electron chi connectivity index (χ0n) is 10.1. The maximum absolute atomic E-state index is 5.88. The molecule has 18 heavy (non-hydrogen) atoms. The number of aromatic nitrogens is 1. The lowest BCUT2D eigenvalue weighted by Gasteiger charge is -2.05. The van der Waals surface area contributed by atoms with Crippen molar-refractivity contribution in [2.45, 2.75) is 13.0 Å². The minimum atomic E-state index is 0.652. The van der Waals surface area contributed by atoms with Gasteiger partial charge >= 0.3 is 0 Å². The molecule has 0 unspecified atom stereocenters. The summed E-state index contributed by atoms with van der Waals surface area (Å²) in [6.07, 6.45) is 0.987. The van der Waals surface area contributed by atoms with E-state index in [-0.39, 0.29) is 0 Å². The van der Waals surface area contributed by atoms with Crippen LogP contribution in [0.5, 0.6) is 5.88 Å². The predicted molar refractivity (Wildman–Crippen MR) is 75.5 cm³/mol. The van der Waals surface area contributed by atoms with Gasteiger partial charge in [0.1, 0.15) is 0 Å². The van der Waals surface area contributed by atoms with Crippen LogP contribution in [0.4, 0.5) is 0 Å². The number of pyridine rings is 1. The number of rotatable bonds is 6. The van der Waals surface area contributed by atoms with Crippen LogP contribution >= 0.6 is 22.9 Å². The standard InChI is InChI=1S/C13H15ClN2OS/c1-17-13-4-2-3-10(16-13)9-15-8-7-11-5-6-12(14)18-11/h2-6,15H,7-9H2,1H3. The van der Waals surface area contributed by atoms with Crippen molar-refractivity contribution in [2.75, 3.05) is 13.7 Å². The molecule has 3 nitrogen and oxygen atoms in total. The first-order chi connectivity index (χ1) is 8.78. The van der Waals surface area contributed by atoms with E-state index in [1.807, 2.05) is 24.3 Å². The zero-order chi connectivity index (χ0) is 12.8. The molecule has 5 heteroatoms. The molecule has 0 aliphatic carbocycles. The largest absolute Gasteiger partial charge is 0.481 e. The Morgan fingerprint density at radius 2 is 2.22 bits per heavy atom. The summed E-state index contributed by atoms with van der Waals surface area (Å²) in [6.45, 7) is 1.66. The Balaban J connectivity index is 1.74. The molecule has 0 aliphatic heterocycles. The van der Waals surface area contributed by atoms with Gasteiger partial charge in [0, 0.05) is 24.0 Å². The normalized spacial score (nSPS) is 10.6. The SMILES string of the molecule is COc1cccc(CNCCc2ccc(Cl)s2)n1. The van der Waals surface area contributed by atoms with Gasteiger partial charge in [0.05, 0.1) is 17.1 Å². The highest BCUT2D eigenvalue weighted by atomic mass is 35.5. The molecule has 0 bridgehead atoms. The molecule has 2 rings (SSSR count). The fourth-order valence-electron chi connectivity index (χ4n) is 1.58. The Bertz CT molecular complexity index is 501. The van der Waals surface area contributed by atoms with Crippen LogP contribution in [0.2, 0.25) is 4.34 Å². The molecule has 0 fully saturated rings. The average Bonchev–Trinajstić information content (AvgIpc) is 2.81. The average molecular weight is 283 g/mol. The minimum absolute atomic E-state index is 0.652. The smallest absolute Gasteiger partial charge is 0.213 e. The number of ether oxygens (including phenoxy) is 1. The monoisotopic (exact) mass is 282 g/mol. The van der Waals surface area contributed by atoms with Gasteiger partial charge in [-0.25, -0.2) is 4.98 Å². The van der Waals surface area contributed by atoms with E-state index >= 15 is 0 Å². The number of hydrogen-bond acceptors (Lipinski definition) is 4. The van der Waals surface area contributed by atoms with Crippen molar-refractivity contribution >= 4 is 22.9 Å². The third-order valence-corrected chi connectivity index (χ3v) is 3.76. The number of halogens is 1. The highest BCUT2D eigenvalue weighted by Gasteiger charge is 1.99. The van der Waals surface area contributed by atoms with Crippen LogP contribution in [0.15, 0.2) is 30.3 Å². The summed E-state index contributed by atoms with van der Waals surface area (Å²) in [7, 11) is 1.63. The van der Waals surface area contributed by atoms with Gasteiger partial charge in [-0.2, -0.15) is 0 Å². The molecule has 0 saturated carbocycles. The zero-order valence-corrected chi connectivity index (χ0v) is 11.7. The lowest BCUT2D eigenvalue weighted by molar-refractivity contribution is 0.395. The van der Waals surface area contributed by atoms with Crippen LogP contribution in [0.25, 0.3) is 0 Å². The lowest BCUT2D eigenvalue weighted by Crippen LogP contribution is -2.17. The van der Waals surface area contributed by atoms with Crippen molar-refractivity contribution in [3.05, 3.63) is 45.2 Å². The summed E-state index contributed by atoms with van der Waals surface area (Å²) in [5.74, 6) is 0.652. The van der Waals surface area contributed by atoms with Crippen molar-refractivity contribution in [1.29, 1.82) is 0 Å². The molecule has 0 amide bonds. The summed E-state index contributed by atoms with van der Waals surface area (Å²) in [5, 5.41) is 3.36. The van der Waals surface area contributed by atoms with Crippen molar-refractivity contribution < 1.29 is 4.74 Å². The summed E-state index contributed by atoms with van der Waals surface area (Å²) < 4.78 is 5.93. The second-order valence-electron chi connectivity index (χ2n) is 3.80. The first-order valence-corrected chi connectivity index (χ1v) is 6.92. The van der Waals surface area contributed by atoms with Gasteiger partial charge in [0.2, 0.25) is 5.88 Å². The number of methoxy groups -OCH3 is 1. The molecular formula is C13H15ClN2OS. The molecule has 1 N–H and O–H groups in total. The Morgan fingerprint density at radius 3 is 2.94 bits per heavy atom. The van der Waals surface area contributed by atoms with E-state index in [9.17, 15) is 0 Å². The van der Waals surface area contributed by atoms with Gasteiger partial charge in [-0.3, -0.25) is 0 Å². The maximum Gasteiger partial charge on any atom is 0.213 e. The van der Waals surface area contributed by atoms with E-state index in [4.69, 9.17) is 16.3 Å². The highest BCUT2D eigenvalue weighted by Crippen LogP contribution is 2.21. The van der Waals surface area contributed by atoms with Crippen LogP contribution in [0, 0.1) is 0 Å². The van der Waals surface area contributed by atoms with Gasteiger partial charge < -0.3 is 10.1 Å². The molecule has 0 spiro atoms. The van der Waals surface area contributed by atoms with Crippen molar-refractivity contribution in [3.63, 3.8) is 0 Å². The Kier molecular flexibility index (Phi) is 4.99. The second kappa shape index (κ2) is 6.73. The van der Waals surface area contributed by atoms with Gasteiger partial charge in [-0.05, 0) is 24.6 Å². The van der Waals surface area contributed by atoms with Crippen LogP contribution in [-0.4, -0.2) is 18.6 Å². The number of hydrogen-bond donors (Lipinski definition) is 1. The molecule has 96 valence electrons. The van der Waals surface area contributed by atoms with Crippen LogP contribution in [0.1, 0.15) is 10.6 Å². The first kappa shape index (κ1) is 13.3.